The van der Waals surface area contributed by atoms with Crippen molar-refractivity contribution in [2.45, 2.75) is 16.7 Å². The summed E-state index contributed by atoms with van der Waals surface area (Å²) in [6.07, 6.45) is 0. The first-order chi connectivity index (χ1) is 7.65. The number of aryl methyl sites for hydroxylation is 1. The number of phenolic OH excluding ortho intramolecular Hbond substituents is 1. The second-order valence-electron chi connectivity index (χ2n) is 3.51. The molecule has 0 heterocycles. The van der Waals surface area contributed by atoms with Crippen LogP contribution in [0.15, 0.2) is 56.7 Å². The minimum atomic E-state index is 0.302. The van der Waals surface area contributed by atoms with Gasteiger partial charge in [0.15, 0.2) is 0 Å². The van der Waals surface area contributed by atoms with E-state index in [1.54, 1.807) is 23.9 Å². The van der Waals surface area contributed by atoms with Gasteiger partial charge in [-0.1, -0.05) is 27.7 Å². The van der Waals surface area contributed by atoms with E-state index in [4.69, 9.17) is 0 Å². The van der Waals surface area contributed by atoms with Crippen molar-refractivity contribution < 1.29 is 5.11 Å². The van der Waals surface area contributed by atoms with Crippen LogP contribution in [0, 0.1) is 6.92 Å². The van der Waals surface area contributed by atoms with Crippen molar-refractivity contribution in [2.75, 3.05) is 0 Å². The van der Waals surface area contributed by atoms with Gasteiger partial charge >= 0.3 is 0 Å². The number of aromatic hydroxyl groups is 1. The molecule has 0 amide bonds. The molecule has 0 aromatic heterocycles. The summed E-state index contributed by atoms with van der Waals surface area (Å²) in [6.45, 7) is 2.07. The van der Waals surface area contributed by atoms with E-state index in [9.17, 15) is 5.11 Å². The van der Waals surface area contributed by atoms with Crippen molar-refractivity contribution in [3.63, 3.8) is 0 Å². The smallest absolute Gasteiger partial charge is 0.115 e. The first kappa shape index (κ1) is 11.6. The van der Waals surface area contributed by atoms with Crippen LogP contribution < -0.4 is 0 Å². The zero-order chi connectivity index (χ0) is 11.5. The molecule has 3 heteroatoms. The fraction of sp³-hybridized carbons (Fsp3) is 0.0769. The first-order valence-electron chi connectivity index (χ1n) is 4.88. The van der Waals surface area contributed by atoms with E-state index < -0.39 is 0 Å². The van der Waals surface area contributed by atoms with Crippen LogP contribution in [0.3, 0.4) is 0 Å². The Kier molecular flexibility index (Phi) is 3.56. The minimum absolute atomic E-state index is 0.302. The monoisotopic (exact) mass is 294 g/mol. The highest BCUT2D eigenvalue weighted by Gasteiger charge is 2.00. The summed E-state index contributed by atoms with van der Waals surface area (Å²) < 4.78 is 1.13. The lowest BCUT2D eigenvalue weighted by Gasteiger charge is -2.04. The number of rotatable bonds is 2. The molecular weight excluding hydrogens is 284 g/mol. The van der Waals surface area contributed by atoms with Crippen LogP contribution in [0.4, 0.5) is 0 Å². The van der Waals surface area contributed by atoms with Gasteiger partial charge in [-0.15, -0.1) is 0 Å². The number of hydrogen-bond donors (Lipinski definition) is 1. The summed E-state index contributed by atoms with van der Waals surface area (Å²) in [6, 6.07) is 13.5. The summed E-state index contributed by atoms with van der Waals surface area (Å²) in [7, 11) is 0. The van der Waals surface area contributed by atoms with Crippen LogP contribution in [0.5, 0.6) is 5.75 Å². The van der Waals surface area contributed by atoms with Crippen molar-refractivity contribution in [3.05, 3.63) is 52.5 Å². The molecular formula is C13H11BrOS. The van der Waals surface area contributed by atoms with Gasteiger partial charge in [0.25, 0.3) is 0 Å². The van der Waals surface area contributed by atoms with Crippen LogP contribution >= 0.6 is 27.7 Å². The molecule has 2 rings (SSSR count). The third-order valence-corrected chi connectivity index (χ3v) is 4.09. The average Bonchev–Trinajstić information content (AvgIpc) is 2.27. The lowest BCUT2D eigenvalue weighted by molar-refractivity contribution is 0.475. The predicted octanol–water partition coefficient (Wildman–Crippen LogP) is 4.61. The molecule has 2 aromatic carbocycles. The van der Waals surface area contributed by atoms with Gasteiger partial charge < -0.3 is 5.11 Å². The fourth-order valence-electron chi connectivity index (χ4n) is 1.33. The van der Waals surface area contributed by atoms with Gasteiger partial charge in [-0.25, -0.2) is 0 Å². The first-order valence-corrected chi connectivity index (χ1v) is 6.49. The van der Waals surface area contributed by atoms with E-state index in [1.807, 2.05) is 12.1 Å². The van der Waals surface area contributed by atoms with Crippen LogP contribution in [0.2, 0.25) is 0 Å². The Balaban J connectivity index is 2.20. The lowest BCUT2D eigenvalue weighted by atomic mass is 10.2. The van der Waals surface area contributed by atoms with E-state index in [-0.39, 0.29) is 0 Å². The maximum Gasteiger partial charge on any atom is 0.115 e. The Bertz CT molecular complexity index is 494. The summed E-state index contributed by atoms with van der Waals surface area (Å²) in [5.41, 5.74) is 1.23. The maximum absolute atomic E-state index is 9.19. The largest absolute Gasteiger partial charge is 0.508 e. The normalized spacial score (nSPS) is 10.4. The predicted molar refractivity (Wildman–Crippen MR) is 71.1 cm³/mol. The zero-order valence-corrected chi connectivity index (χ0v) is 11.2. The van der Waals surface area contributed by atoms with Crippen molar-refractivity contribution in [1.29, 1.82) is 0 Å². The van der Waals surface area contributed by atoms with E-state index in [1.165, 1.54) is 10.5 Å². The van der Waals surface area contributed by atoms with Crippen LogP contribution in [0.25, 0.3) is 0 Å². The second kappa shape index (κ2) is 4.93. The lowest BCUT2D eigenvalue weighted by Crippen LogP contribution is -1.78. The van der Waals surface area contributed by atoms with E-state index in [2.05, 4.69) is 41.1 Å². The van der Waals surface area contributed by atoms with E-state index in [0.29, 0.717) is 5.75 Å². The second-order valence-corrected chi connectivity index (χ2v) is 5.51. The molecule has 0 aliphatic heterocycles. The molecule has 0 saturated carbocycles. The Labute approximate surface area is 108 Å². The average molecular weight is 295 g/mol. The molecule has 1 nitrogen and oxygen atoms in total. The highest BCUT2D eigenvalue weighted by atomic mass is 79.9. The topological polar surface area (TPSA) is 20.2 Å². The SMILES string of the molecule is Cc1cc(Sc2ccc(O)cc2)ccc1Br. The molecule has 2 aromatic rings. The van der Waals surface area contributed by atoms with Gasteiger partial charge in [0.2, 0.25) is 0 Å². The Morgan fingerprint density at radius 1 is 1.00 bits per heavy atom. The summed E-state index contributed by atoms with van der Waals surface area (Å²) in [5.74, 6) is 0.302. The number of hydrogen-bond acceptors (Lipinski definition) is 2. The summed E-state index contributed by atoms with van der Waals surface area (Å²) in [4.78, 5) is 2.32. The maximum atomic E-state index is 9.19. The van der Waals surface area contributed by atoms with Crippen LogP contribution in [0.1, 0.15) is 5.56 Å². The molecule has 1 N–H and O–H groups in total. The van der Waals surface area contributed by atoms with Gasteiger partial charge in [-0.2, -0.15) is 0 Å². The Morgan fingerprint density at radius 2 is 1.62 bits per heavy atom. The molecule has 0 spiro atoms. The molecule has 0 bridgehead atoms. The standard InChI is InChI=1S/C13H11BrOS/c1-9-8-12(6-7-13(9)14)16-11-4-2-10(15)3-5-11/h2-8,15H,1H3. The molecule has 0 atom stereocenters. The third-order valence-electron chi connectivity index (χ3n) is 2.20. The van der Waals surface area contributed by atoms with Gasteiger partial charge in [0.1, 0.15) is 5.75 Å². The Morgan fingerprint density at radius 3 is 2.25 bits per heavy atom. The highest BCUT2D eigenvalue weighted by molar-refractivity contribution is 9.10. The molecule has 0 unspecified atom stereocenters. The number of phenols is 1. The summed E-state index contributed by atoms with van der Waals surface area (Å²) >= 11 is 5.17. The zero-order valence-electron chi connectivity index (χ0n) is 8.77. The van der Waals surface area contributed by atoms with Crippen molar-refractivity contribution in [1.82, 2.24) is 0 Å². The molecule has 16 heavy (non-hydrogen) atoms. The van der Waals surface area contributed by atoms with E-state index in [0.717, 1.165) is 9.37 Å². The molecule has 0 aliphatic carbocycles. The third kappa shape index (κ3) is 2.80. The van der Waals surface area contributed by atoms with Gasteiger partial charge in [-0.05, 0) is 55.0 Å². The molecule has 0 saturated heterocycles. The van der Waals surface area contributed by atoms with Crippen LogP contribution in [-0.2, 0) is 0 Å². The number of benzene rings is 2. The fourth-order valence-corrected chi connectivity index (χ4v) is 2.49. The molecule has 0 fully saturated rings. The van der Waals surface area contributed by atoms with E-state index >= 15 is 0 Å². The van der Waals surface area contributed by atoms with Gasteiger partial charge in [-0.3, -0.25) is 0 Å². The molecule has 0 radical (unpaired) electrons. The molecule has 82 valence electrons. The molecule has 0 aliphatic rings. The van der Waals surface area contributed by atoms with Gasteiger partial charge in [0, 0.05) is 14.3 Å². The van der Waals surface area contributed by atoms with Crippen molar-refractivity contribution in [2.24, 2.45) is 0 Å². The quantitative estimate of drug-likeness (QED) is 0.872. The van der Waals surface area contributed by atoms with Crippen molar-refractivity contribution >= 4 is 27.7 Å². The minimum Gasteiger partial charge on any atom is -0.508 e. The summed E-state index contributed by atoms with van der Waals surface area (Å²) in [5, 5.41) is 9.19. The van der Waals surface area contributed by atoms with Gasteiger partial charge in [0.05, 0.1) is 0 Å². The number of halogens is 1. The Hall–Kier alpha value is -0.930. The van der Waals surface area contributed by atoms with Crippen LogP contribution in [-0.4, -0.2) is 5.11 Å². The highest BCUT2D eigenvalue weighted by Crippen LogP contribution is 2.31. The van der Waals surface area contributed by atoms with Crippen molar-refractivity contribution in [3.8, 4) is 5.75 Å².